The minimum absolute atomic E-state index is 0.245. The second-order valence-corrected chi connectivity index (χ2v) is 4.67. The highest BCUT2D eigenvalue weighted by molar-refractivity contribution is 5.66. The fourth-order valence-electron chi connectivity index (χ4n) is 1.54. The molecule has 122 valence electrons. The number of aliphatic carboxylic acids is 2. The maximum atomic E-state index is 10.1. The van der Waals surface area contributed by atoms with Gasteiger partial charge in [0.15, 0.2) is 0 Å². The molecular weight excluding hydrogens is 276 g/mol. The SMILES string of the molecule is O=C(O)CCCCCCCCC(=O)O.O=CCCCC=O. The lowest BCUT2D eigenvalue weighted by Crippen LogP contribution is -1.94. The lowest BCUT2D eigenvalue weighted by molar-refractivity contribution is -0.138. The van der Waals surface area contributed by atoms with Crippen LogP contribution in [0.5, 0.6) is 0 Å². The molecule has 0 heterocycles. The Balaban J connectivity index is 0. The molecule has 0 aromatic carbocycles. The monoisotopic (exact) mass is 302 g/mol. The van der Waals surface area contributed by atoms with Crippen molar-refractivity contribution in [3.8, 4) is 0 Å². The van der Waals surface area contributed by atoms with Gasteiger partial charge in [0.05, 0.1) is 0 Å². The second kappa shape index (κ2) is 18.3. The molecule has 0 aliphatic carbocycles. The third-order valence-electron chi connectivity index (χ3n) is 2.68. The topological polar surface area (TPSA) is 109 Å². The van der Waals surface area contributed by atoms with Crippen molar-refractivity contribution < 1.29 is 29.4 Å². The summed E-state index contributed by atoms with van der Waals surface area (Å²) in [7, 11) is 0. The van der Waals surface area contributed by atoms with Gasteiger partial charge in [-0.05, 0) is 19.3 Å². The van der Waals surface area contributed by atoms with Gasteiger partial charge in [-0.1, -0.05) is 25.7 Å². The minimum atomic E-state index is -0.740. The average Bonchev–Trinajstić information content (AvgIpc) is 2.42. The van der Waals surface area contributed by atoms with Crippen LogP contribution in [0, 0.1) is 0 Å². The summed E-state index contributed by atoms with van der Waals surface area (Å²) in [6, 6.07) is 0. The molecule has 0 saturated carbocycles. The molecule has 21 heavy (non-hydrogen) atoms. The van der Waals surface area contributed by atoms with Crippen molar-refractivity contribution in [2.75, 3.05) is 0 Å². The highest BCUT2D eigenvalue weighted by Crippen LogP contribution is 2.08. The summed E-state index contributed by atoms with van der Waals surface area (Å²) >= 11 is 0. The van der Waals surface area contributed by atoms with Crippen LogP contribution in [0.25, 0.3) is 0 Å². The molecular formula is C15H26O6. The molecule has 0 bridgehead atoms. The Labute approximate surface area is 125 Å². The molecule has 0 atom stereocenters. The number of hydrogen-bond donors (Lipinski definition) is 2. The first-order valence-corrected chi connectivity index (χ1v) is 7.35. The molecule has 6 heteroatoms. The van der Waals surface area contributed by atoms with Crippen LogP contribution < -0.4 is 0 Å². The van der Waals surface area contributed by atoms with Crippen LogP contribution in [-0.2, 0) is 19.2 Å². The van der Waals surface area contributed by atoms with Gasteiger partial charge in [0, 0.05) is 25.7 Å². The maximum absolute atomic E-state index is 10.1. The van der Waals surface area contributed by atoms with E-state index in [1.54, 1.807) is 0 Å². The molecule has 2 N–H and O–H groups in total. The number of carboxylic acids is 2. The van der Waals surface area contributed by atoms with E-state index in [1.807, 2.05) is 0 Å². The Kier molecular flexibility index (Phi) is 18.8. The molecule has 0 rings (SSSR count). The van der Waals surface area contributed by atoms with E-state index in [4.69, 9.17) is 10.2 Å². The van der Waals surface area contributed by atoms with E-state index in [0.717, 1.165) is 51.1 Å². The standard InChI is InChI=1S/C10H18O4.C5H8O2/c11-9(12)7-5-3-1-2-4-6-8-10(13)14;6-4-2-1-3-5-7/h1-8H2,(H,11,12)(H,13,14);4-5H,1-3H2. The van der Waals surface area contributed by atoms with Crippen molar-refractivity contribution in [2.45, 2.75) is 70.6 Å². The van der Waals surface area contributed by atoms with Gasteiger partial charge in [0.2, 0.25) is 0 Å². The number of carbonyl (C=O) groups excluding carboxylic acids is 2. The fraction of sp³-hybridized carbons (Fsp3) is 0.733. The summed E-state index contributed by atoms with van der Waals surface area (Å²) in [4.78, 5) is 39.4. The lowest BCUT2D eigenvalue weighted by atomic mass is 10.1. The molecule has 0 radical (unpaired) electrons. The summed E-state index contributed by atoms with van der Waals surface area (Å²) in [5.74, 6) is -1.48. The third-order valence-corrected chi connectivity index (χ3v) is 2.68. The molecule has 0 spiro atoms. The van der Waals surface area contributed by atoms with Gasteiger partial charge < -0.3 is 19.8 Å². The van der Waals surface area contributed by atoms with Crippen LogP contribution in [-0.4, -0.2) is 34.7 Å². The van der Waals surface area contributed by atoms with Crippen molar-refractivity contribution >= 4 is 24.5 Å². The third kappa shape index (κ3) is 27.5. The zero-order valence-corrected chi connectivity index (χ0v) is 12.5. The molecule has 0 fully saturated rings. The van der Waals surface area contributed by atoms with Crippen molar-refractivity contribution in [2.24, 2.45) is 0 Å². The van der Waals surface area contributed by atoms with Gasteiger partial charge in [-0.25, -0.2) is 0 Å². The summed E-state index contributed by atoms with van der Waals surface area (Å²) in [5.41, 5.74) is 0. The summed E-state index contributed by atoms with van der Waals surface area (Å²) in [6.07, 6.45) is 9.20. The normalized spacial score (nSPS) is 9.33. The van der Waals surface area contributed by atoms with Crippen LogP contribution in [0.2, 0.25) is 0 Å². The highest BCUT2D eigenvalue weighted by atomic mass is 16.4. The summed E-state index contributed by atoms with van der Waals surface area (Å²) in [5, 5.41) is 16.7. The van der Waals surface area contributed by atoms with Crippen LogP contribution in [0.1, 0.15) is 70.6 Å². The average molecular weight is 302 g/mol. The Morgan fingerprint density at radius 2 is 0.952 bits per heavy atom. The van der Waals surface area contributed by atoms with E-state index in [0.29, 0.717) is 19.3 Å². The zero-order valence-electron chi connectivity index (χ0n) is 12.5. The molecule has 0 unspecified atom stereocenters. The number of rotatable bonds is 13. The maximum Gasteiger partial charge on any atom is 0.303 e. The zero-order chi connectivity index (χ0) is 16.3. The Bertz CT molecular complexity index is 260. The summed E-state index contributed by atoms with van der Waals surface area (Å²) < 4.78 is 0. The second-order valence-electron chi connectivity index (χ2n) is 4.67. The summed E-state index contributed by atoms with van der Waals surface area (Å²) in [6.45, 7) is 0. The molecule has 6 nitrogen and oxygen atoms in total. The Hall–Kier alpha value is -1.72. The molecule has 0 aromatic heterocycles. The Morgan fingerprint density at radius 1 is 0.619 bits per heavy atom. The van der Waals surface area contributed by atoms with Gasteiger partial charge in [-0.2, -0.15) is 0 Å². The first-order valence-electron chi connectivity index (χ1n) is 7.35. The molecule has 0 aliphatic rings. The fourth-order valence-corrected chi connectivity index (χ4v) is 1.54. The van der Waals surface area contributed by atoms with E-state index in [2.05, 4.69) is 0 Å². The minimum Gasteiger partial charge on any atom is -0.481 e. The highest BCUT2D eigenvalue weighted by Gasteiger charge is 1.98. The number of unbranched alkanes of at least 4 members (excludes halogenated alkanes) is 7. The van der Waals surface area contributed by atoms with Crippen molar-refractivity contribution in [1.29, 1.82) is 0 Å². The Morgan fingerprint density at radius 3 is 1.24 bits per heavy atom. The van der Waals surface area contributed by atoms with E-state index in [9.17, 15) is 19.2 Å². The first kappa shape index (κ1) is 21.6. The quantitative estimate of drug-likeness (QED) is 0.400. The van der Waals surface area contributed by atoms with Gasteiger partial charge in [-0.15, -0.1) is 0 Å². The van der Waals surface area contributed by atoms with E-state index in [1.165, 1.54) is 0 Å². The number of carboxylic acid groups (broad SMARTS) is 2. The number of hydrogen-bond acceptors (Lipinski definition) is 4. The largest absolute Gasteiger partial charge is 0.481 e. The van der Waals surface area contributed by atoms with Crippen LogP contribution in [0.4, 0.5) is 0 Å². The van der Waals surface area contributed by atoms with E-state index < -0.39 is 11.9 Å². The van der Waals surface area contributed by atoms with Crippen LogP contribution >= 0.6 is 0 Å². The molecule has 0 aliphatic heterocycles. The molecule has 0 saturated heterocycles. The molecule has 0 amide bonds. The van der Waals surface area contributed by atoms with Gasteiger partial charge in [-0.3, -0.25) is 9.59 Å². The van der Waals surface area contributed by atoms with Gasteiger partial charge >= 0.3 is 11.9 Å². The predicted octanol–water partition coefficient (Wildman–Crippen LogP) is 2.83. The molecule has 0 aromatic rings. The number of aldehydes is 2. The predicted molar refractivity (Wildman–Crippen MR) is 78.2 cm³/mol. The van der Waals surface area contributed by atoms with Gasteiger partial charge in [0.25, 0.3) is 0 Å². The van der Waals surface area contributed by atoms with Crippen LogP contribution in [0.15, 0.2) is 0 Å². The lowest BCUT2D eigenvalue weighted by Gasteiger charge is -1.98. The van der Waals surface area contributed by atoms with E-state index >= 15 is 0 Å². The first-order chi connectivity index (χ1) is 10.0. The van der Waals surface area contributed by atoms with Crippen LogP contribution in [0.3, 0.4) is 0 Å². The van der Waals surface area contributed by atoms with Crippen molar-refractivity contribution in [3.63, 3.8) is 0 Å². The van der Waals surface area contributed by atoms with Crippen molar-refractivity contribution in [1.82, 2.24) is 0 Å². The van der Waals surface area contributed by atoms with Crippen molar-refractivity contribution in [3.05, 3.63) is 0 Å². The van der Waals surface area contributed by atoms with E-state index in [-0.39, 0.29) is 12.8 Å². The number of carbonyl (C=O) groups is 4. The smallest absolute Gasteiger partial charge is 0.303 e. The van der Waals surface area contributed by atoms with Gasteiger partial charge in [0.1, 0.15) is 12.6 Å².